The number of aliphatic carboxylic acids is 1. The van der Waals surface area contributed by atoms with E-state index in [1.807, 2.05) is 73.7 Å². The molecule has 1 aliphatic rings. The molecule has 4 nitrogen and oxygen atoms in total. The Balaban J connectivity index is 1.64. The van der Waals surface area contributed by atoms with Crippen molar-refractivity contribution in [2.75, 3.05) is 6.61 Å². The standard InChI is InChI=1S/C37H37ClO4/c1-24(2)30-22-31(26-14-11-17-29(38)20-26)35(25-12-7-5-8-13-25)42-36(30)32-21-28(18-19-33(32)41-23-34(39)40)37(3,4)27-15-9-6-10-16-27/h5-21,30-31,35-36H,1,22-23H2,2-4H3,(H,39,40)/t30-,31-,35+,36+/m1/s1. The van der Waals surface area contributed by atoms with Gasteiger partial charge in [0.1, 0.15) is 5.75 Å². The summed E-state index contributed by atoms with van der Waals surface area (Å²) in [5.74, 6) is -0.527. The second-order valence-corrected chi connectivity index (χ2v) is 12.1. The number of ether oxygens (including phenoxy) is 2. The molecule has 0 amide bonds. The maximum Gasteiger partial charge on any atom is 0.341 e. The van der Waals surface area contributed by atoms with Gasteiger partial charge in [-0.2, -0.15) is 0 Å². The molecule has 0 bridgehead atoms. The maximum atomic E-state index is 11.5. The minimum atomic E-state index is -1.03. The molecule has 0 spiro atoms. The monoisotopic (exact) mass is 580 g/mol. The second kappa shape index (κ2) is 12.6. The molecule has 4 atom stereocenters. The summed E-state index contributed by atoms with van der Waals surface area (Å²) in [7, 11) is 0. The molecule has 1 N–H and O–H groups in total. The van der Waals surface area contributed by atoms with Gasteiger partial charge in [-0.25, -0.2) is 4.79 Å². The summed E-state index contributed by atoms with van der Waals surface area (Å²) in [6.45, 7) is 10.4. The molecule has 5 rings (SSSR count). The fourth-order valence-corrected chi connectivity index (χ4v) is 6.27. The molecular weight excluding hydrogens is 544 g/mol. The zero-order valence-electron chi connectivity index (χ0n) is 24.3. The third-order valence-electron chi connectivity index (χ3n) is 8.45. The van der Waals surface area contributed by atoms with Gasteiger partial charge in [0.2, 0.25) is 0 Å². The molecule has 0 radical (unpaired) electrons. The summed E-state index contributed by atoms with van der Waals surface area (Å²) in [4.78, 5) is 11.5. The van der Waals surface area contributed by atoms with Gasteiger partial charge in [-0.05, 0) is 59.9 Å². The molecule has 5 heteroatoms. The number of halogens is 1. The van der Waals surface area contributed by atoms with Crippen LogP contribution in [0.3, 0.4) is 0 Å². The molecule has 4 aromatic carbocycles. The normalized spacial score (nSPS) is 20.6. The van der Waals surface area contributed by atoms with Crippen LogP contribution in [0.25, 0.3) is 0 Å². The number of hydrogen-bond acceptors (Lipinski definition) is 3. The van der Waals surface area contributed by atoms with Gasteiger partial charge in [0, 0.05) is 27.8 Å². The Morgan fingerprint density at radius 2 is 1.57 bits per heavy atom. The topological polar surface area (TPSA) is 55.8 Å². The van der Waals surface area contributed by atoms with Crippen molar-refractivity contribution >= 4 is 17.6 Å². The molecule has 0 unspecified atom stereocenters. The van der Waals surface area contributed by atoms with Crippen molar-refractivity contribution in [2.45, 2.75) is 50.7 Å². The van der Waals surface area contributed by atoms with E-state index in [4.69, 9.17) is 21.1 Å². The molecular formula is C37H37ClO4. The van der Waals surface area contributed by atoms with E-state index in [2.05, 4.69) is 56.8 Å². The number of benzene rings is 4. The second-order valence-electron chi connectivity index (χ2n) is 11.7. The highest BCUT2D eigenvalue weighted by molar-refractivity contribution is 6.30. The molecule has 1 heterocycles. The maximum absolute atomic E-state index is 11.5. The molecule has 0 aliphatic carbocycles. The molecule has 216 valence electrons. The van der Waals surface area contributed by atoms with Crippen LogP contribution in [0.2, 0.25) is 5.02 Å². The first-order valence-electron chi connectivity index (χ1n) is 14.3. The summed E-state index contributed by atoms with van der Waals surface area (Å²) < 4.78 is 13.0. The molecule has 1 fully saturated rings. The lowest BCUT2D eigenvalue weighted by atomic mass is 9.73. The Morgan fingerprint density at radius 3 is 2.21 bits per heavy atom. The Kier molecular flexibility index (Phi) is 8.86. The van der Waals surface area contributed by atoms with Gasteiger partial charge in [0.05, 0.1) is 12.2 Å². The predicted octanol–water partition coefficient (Wildman–Crippen LogP) is 9.31. The van der Waals surface area contributed by atoms with E-state index in [1.54, 1.807) is 0 Å². The Labute approximate surface area is 253 Å². The van der Waals surface area contributed by atoms with E-state index in [0.29, 0.717) is 10.8 Å². The third-order valence-corrected chi connectivity index (χ3v) is 8.69. The number of carbonyl (C=O) groups is 1. The summed E-state index contributed by atoms with van der Waals surface area (Å²) in [5.41, 5.74) is 5.97. The average molecular weight is 581 g/mol. The van der Waals surface area contributed by atoms with Gasteiger partial charge in [0.25, 0.3) is 0 Å². The largest absolute Gasteiger partial charge is 0.482 e. The zero-order chi connectivity index (χ0) is 29.9. The molecule has 0 saturated carbocycles. The van der Waals surface area contributed by atoms with Crippen LogP contribution in [0.5, 0.6) is 5.75 Å². The van der Waals surface area contributed by atoms with Crippen LogP contribution >= 0.6 is 11.6 Å². The highest BCUT2D eigenvalue weighted by Gasteiger charge is 2.42. The van der Waals surface area contributed by atoms with Crippen LogP contribution in [0.4, 0.5) is 0 Å². The van der Waals surface area contributed by atoms with E-state index in [1.165, 1.54) is 5.56 Å². The molecule has 4 aromatic rings. The van der Waals surface area contributed by atoms with Crippen molar-refractivity contribution < 1.29 is 19.4 Å². The van der Waals surface area contributed by atoms with Crippen LogP contribution in [0, 0.1) is 5.92 Å². The van der Waals surface area contributed by atoms with E-state index in [0.717, 1.165) is 34.2 Å². The smallest absolute Gasteiger partial charge is 0.341 e. The van der Waals surface area contributed by atoms with Crippen LogP contribution in [-0.4, -0.2) is 17.7 Å². The lowest BCUT2D eigenvalue weighted by molar-refractivity contribution is -0.139. The van der Waals surface area contributed by atoms with Crippen molar-refractivity contribution in [1.29, 1.82) is 0 Å². The van der Waals surface area contributed by atoms with Gasteiger partial charge in [0.15, 0.2) is 6.61 Å². The fraction of sp³-hybridized carbons (Fsp3) is 0.270. The summed E-state index contributed by atoms with van der Waals surface area (Å²) in [5, 5.41) is 10.1. The van der Waals surface area contributed by atoms with Gasteiger partial charge >= 0.3 is 5.97 Å². The highest BCUT2D eigenvalue weighted by atomic mass is 35.5. The Bertz CT molecular complexity index is 1550. The first kappa shape index (κ1) is 29.6. The summed E-state index contributed by atoms with van der Waals surface area (Å²) in [6, 6.07) is 34.6. The predicted molar refractivity (Wildman–Crippen MR) is 168 cm³/mol. The summed E-state index contributed by atoms with van der Waals surface area (Å²) in [6.07, 6.45) is 0.117. The molecule has 42 heavy (non-hydrogen) atoms. The van der Waals surface area contributed by atoms with E-state index < -0.39 is 18.7 Å². The highest BCUT2D eigenvalue weighted by Crippen LogP contribution is 2.53. The van der Waals surface area contributed by atoms with Crippen molar-refractivity contribution in [3.8, 4) is 5.75 Å². The lowest BCUT2D eigenvalue weighted by Gasteiger charge is -2.43. The van der Waals surface area contributed by atoms with Crippen LogP contribution in [0.1, 0.15) is 73.1 Å². The number of rotatable bonds is 9. The molecule has 1 saturated heterocycles. The quantitative estimate of drug-likeness (QED) is 0.200. The third kappa shape index (κ3) is 6.30. The van der Waals surface area contributed by atoms with Crippen LogP contribution in [0.15, 0.2) is 115 Å². The average Bonchev–Trinajstić information content (AvgIpc) is 3.00. The van der Waals surface area contributed by atoms with Crippen molar-refractivity contribution in [2.24, 2.45) is 5.92 Å². The number of hydrogen-bond donors (Lipinski definition) is 1. The van der Waals surface area contributed by atoms with E-state index >= 15 is 0 Å². The Hall–Kier alpha value is -3.86. The van der Waals surface area contributed by atoms with Gasteiger partial charge in [-0.15, -0.1) is 0 Å². The van der Waals surface area contributed by atoms with Crippen LogP contribution < -0.4 is 4.74 Å². The number of carboxylic acids is 1. The van der Waals surface area contributed by atoms with Gasteiger partial charge in [-0.3, -0.25) is 0 Å². The van der Waals surface area contributed by atoms with E-state index in [-0.39, 0.29) is 23.4 Å². The van der Waals surface area contributed by atoms with Crippen LogP contribution in [-0.2, 0) is 14.9 Å². The first-order chi connectivity index (χ1) is 20.1. The zero-order valence-corrected chi connectivity index (χ0v) is 25.1. The fourth-order valence-electron chi connectivity index (χ4n) is 6.07. The van der Waals surface area contributed by atoms with Crippen molar-refractivity contribution in [3.63, 3.8) is 0 Å². The summed E-state index contributed by atoms with van der Waals surface area (Å²) >= 11 is 6.45. The van der Waals surface area contributed by atoms with E-state index in [9.17, 15) is 9.90 Å². The van der Waals surface area contributed by atoms with Crippen molar-refractivity contribution in [1.82, 2.24) is 0 Å². The molecule has 1 aliphatic heterocycles. The van der Waals surface area contributed by atoms with Gasteiger partial charge in [-0.1, -0.05) is 116 Å². The lowest BCUT2D eigenvalue weighted by Crippen LogP contribution is -2.32. The Morgan fingerprint density at radius 1 is 0.905 bits per heavy atom. The first-order valence-corrected chi connectivity index (χ1v) is 14.7. The van der Waals surface area contributed by atoms with Crippen molar-refractivity contribution in [3.05, 3.63) is 148 Å². The minimum Gasteiger partial charge on any atom is -0.482 e. The SMILES string of the molecule is C=C(C)[C@H]1C[C@H](c2cccc(Cl)c2)[C@H](c2ccccc2)O[C@@H]1c1cc(C(C)(C)c2ccccc2)ccc1OCC(=O)O. The van der Waals surface area contributed by atoms with Gasteiger partial charge < -0.3 is 14.6 Å². The minimum absolute atomic E-state index is 0.0383. The number of carboxylic acid groups (broad SMARTS) is 1. The molecule has 0 aromatic heterocycles.